The topological polar surface area (TPSA) is 96.0 Å². The van der Waals surface area contributed by atoms with E-state index in [1.165, 1.54) is 18.7 Å². The normalized spacial score (nSPS) is 42.3. The molecule has 4 fully saturated rings. The van der Waals surface area contributed by atoms with Gasteiger partial charge in [0.05, 0.1) is 16.4 Å². The van der Waals surface area contributed by atoms with Crippen molar-refractivity contribution < 1.29 is 31.7 Å². The van der Waals surface area contributed by atoms with Gasteiger partial charge < -0.3 is 9.47 Å². The van der Waals surface area contributed by atoms with E-state index in [0.29, 0.717) is 12.8 Å². The van der Waals surface area contributed by atoms with Crippen LogP contribution in [0.4, 0.5) is 0 Å². The smallest absolute Gasteiger partial charge is 0.312 e. The van der Waals surface area contributed by atoms with Crippen LogP contribution in [0.25, 0.3) is 0 Å². The van der Waals surface area contributed by atoms with Gasteiger partial charge in [0.25, 0.3) is 10.1 Å². The Bertz CT molecular complexity index is 725. The molecule has 0 N–H and O–H groups in total. The molecule has 6 unspecified atom stereocenters. The van der Waals surface area contributed by atoms with Crippen molar-refractivity contribution in [1.82, 2.24) is 0 Å². The Morgan fingerprint density at radius 3 is 2.56 bits per heavy atom. The van der Waals surface area contributed by atoms with Gasteiger partial charge in [-0.05, 0) is 31.8 Å². The van der Waals surface area contributed by atoms with Crippen molar-refractivity contribution >= 4 is 33.8 Å². The van der Waals surface area contributed by atoms with Crippen molar-refractivity contribution in [3.8, 4) is 0 Å². The number of ether oxygens (including phenoxy) is 2. The summed E-state index contributed by atoms with van der Waals surface area (Å²) in [6.07, 6.45) is 3.45. The summed E-state index contributed by atoms with van der Waals surface area (Å²) in [6.45, 7) is 5.04. The van der Waals surface area contributed by atoms with E-state index in [1.807, 2.05) is 0 Å². The maximum atomic E-state index is 12.9. The molecule has 3 saturated heterocycles. The number of fused-ring (bicyclic) bond motifs is 1. The van der Waals surface area contributed by atoms with Gasteiger partial charge in [-0.1, -0.05) is 6.58 Å². The van der Waals surface area contributed by atoms with Gasteiger partial charge in [0.2, 0.25) is 0 Å². The van der Waals surface area contributed by atoms with Gasteiger partial charge in [0.1, 0.15) is 23.1 Å². The highest BCUT2D eigenvalue weighted by Gasteiger charge is 2.73. The Morgan fingerprint density at radius 1 is 1.28 bits per heavy atom. The Morgan fingerprint density at radius 2 is 1.96 bits per heavy atom. The first-order valence-electron chi connectivity index (χ1n) is 8.39. The second-order valence-electron chi connectivity index (χ2n) is 7.08. The Balaban J connectivity index is 1.63. The third-order valence-electron chi connectivity index (χ3n) is 5.60. The Kier molecular flexibility index (Phi) is 3.97. The molecule has 25 heavy (non-hydrogen) atoms. The molecule has 7 nitrogen and oxygen atoms in total. The summed E-state index contributed by atoms with van der Waals surface area (Å²) in [5.41, 5.74) is -0.719. The lowest BCUT2D eigenvalue weighted by Crippen LogP contribution is -2.51. The molecular formula is C16H20O7S2. The maximum absolute atomic E-state index is 12.9. The summed E-state index contributed by atoms with van der Waals surface area (Å²) in [7, 11) is -3.89. The van der Waals surface area contributed by atoms with E-state index in [-0.39, 0.29) is 0 Å². The van der Waals surface area contributed by atoms with E-state index in [1.54, 1.807) is 6.08 Å². The quantitative estimate of drug-likeness (QED) is 0.402. The van der Waals surface area contributed by atoms with Crippen LogP contribution >= 0.6 is 11.8 Å². The molecular weight excluding hydrogens is 368 g/mol. The summed E-state index contributed by atoms with van der Waals surface area (Å²) in [5, 5.41) is -1.80. The van der Waals surface area contributed by atoms with Crippen molar-refractivity contribution in [3.63, 3.8) is 0 Å². The SMILES string of the molecule is C=CC1(OC(=O)C2C3SC4C(OS(=O)(=O)C42)C3OC(C)=O)CCCC1. The molecule has 0 aromatic carbocycles. The van der Waals surface area contributed by atoms with Crippen LogP contribution in [0.3, 0.4) is 0 Å². The summed E-state index contributed by atoms with van der Waals surface area (Å²) in [5.74, 6) is -1.97. The highest BCUT2D eigenvalue weighted by molar-refractivity contribution is 8.03. The molecule has 6 atom stereocenters. The van der Waals surface area contributed by atoms with Crippen molar-refractivity contribution in [2.75, 3.05) is 0 Å². The van der Waals surface area contributed by atoms with Crippen LogP contribution in [0.5, 0.6) is 0 Å². The number of carbonyl (C=O) groups excluding carboxylic acids is 2. The van der Waals surface area contributed by atoms with Crippen molar-refractivity contribution in [2.24, 2.45) is 5.92 Å². The summed E-state index contributed by atoms with van der Waals surface area (Å²) >= 11 is 1.36. The zero-order valence-corrected chi connectivity index (χ0v) is 15.4. The van der Waals surface area contributed by atoms with Crippen LogP contribution in [0.15, 0.2) is 12.7 Å². The summed E-state index contributed by atoms with van der Waals surface area (Å²) in [6, 6.07) is 0. The van der Waals surface area contributed by atoms with E-state index in [9.17, 15) is 18.0 Å². The number of hydrogen-bond donors (Lipinski definition) is 0. The van der Waals surface area contributed by atoms with Gasteiger partial charge in [0, 0.05) is 6.92 Å². The molecule has 0 amide bonds. The van der Waals surface area contributed by atoms with Crippen LogP contribution in [-0.4, -0.2) is 53.9 Å². The minimum absolute atomic E-state index is 0.403. The van der Waals surface area contributed by atoms with E-state index in [0.717, 1.165) is 12.8 Å². The molecule has 0 aromatic rings. The Labute approximate surface area is 150 Å². The lowest BCUT2D eigenvalue weighted by atomic mass is 9.84. The molecule has 3 heterocycles. The third kappa shape index (κ3) is 2.54. The van der Waals surface area contributed by atoms with Crippen LogP contribution < -0.4 is 0 Å². The fourth-order valence-electron chi connectivity index (χ4n) is 4.51. The van der Waals surface area contributed by atoms with Crippen LogP contribution in [-0.2, 0) is 33.4 Å². The molecule has 0 spiro atoms. The minimum atomic E-state index is -3.89. The average Bonchev–Trinajstić information content (AvgIpc) is 3.24. The first-order valence-corrected chi connectivity index (χ1v) is 10.8. The predicted molar refractivity (Wildman–Crippen MR) is 89.3 cm³/mol. The van der Waals surface area contributed by atoms with E-state index in [2.05, 4.69) is 6.58 Å². The molecule has 4 rings (SSSR count). The van der Waals surface area contributed by atoms with E-state index in [4.69, 9.17) is 13.7 Å². The molecule has 0 aromatic heterocycles. The van der Waals surface area contributed by atoms with Crippen LogP contribution in [0.2, 0.25) is 0 Å². The predicted octanol–water partition coefficient (Wildman–Crippen LogP) is 1.17. The third-order valence-corrected chi connectivity index (χ3v) is 9.26. The van der Waals surface area contributed by atoms with Crippen molar-refractivity contribution in [2.45, 2.75) is 66.2 Å². The number of rotatable bonds is 4. The van der Waals surface area contributed by atoms with Gasteiger partial charge in [0.15, 0.2) is 0 Å². The van der Waals surface area contributed by atoms with Crippen LogP contribution in [0.1, 0.15) is 32.6 Å². The zero-order chi connectivity index (χ0) is 18.0. The summed E-state index contributed by atoms with van der Waals surface area (Å²) in [4.78, 5) is 24.3. The second kappa shape index (κ2) is 5.72. The number of esters is 2. The number of carbonyl (C=O) groups is 2. The molecule has 4 aliphatic rings. The molecule has 138 valence electrons. The molecule has 3 aliphatic heterocycles. The number of hydrogen-bond acceptors (Lipinski definition) is 8. The highest BCUT2D eigenvalue weighted by atomic mass is 32.2. The monoisotopic (exact) mass is 388 g/mol. The standard InChI is InChI=1S/C16H20O7S2/c1-3-16(6-4-5-7-16)22-15(18)9-12-10(21-8(2)17)11-13(24-12)14(9)25(19,20)23-11/h3,9-14H,1,4-7H2,2H3. The van der Waals surface area contributed by atoms with Crippen molar-refractivity contribution in [3.05, 3.63) is 12.7 Å². The maximum Gasteiger partial charge on any atom is 0.312 e. The van der Waals surface area contributed by atoms with E-state index >= 15 is 0 Å². The molecule has 1 aliphatic carbocycles. The van der Waals surface area contributed by atoms with Gasteiger partial charge in [-0.3, -0.25) is 13.8 Å². The molecule has 2 bridgehead atoms. The van der Waals surface area contributed by atoms with Crippen LogP contribution in [0, 0.1) is 5.92 Å². The van der Waals surface area contributed by atoms with E-state index < -0.39 is 61.5 Å². The minimum Gasteiger partial charge on any atom is -0.458 e. The molecule has 1 saturated carbocycles. The molecule has 0 radical (unpaired) electrons. The Hall–Kier alpha value is -1.06. The van der Waals surface area contributed by atoms with Gasteiger partial charge in [-0.2, -0.15) is 8.42 Å². The largest absolute Gasteiger partial charge is 0.458 e. The number of thioether (sulfide) groups is 1. The van der Waals surface area contributed by atoms with Gasteiger partial charge in [-0.15, -0.1) is 11.8 Å². The summed E-state index contributed by atoms with van der Waals surface area (Å²) < 4.78 is 41.1. The van der Waals surface area contributed by atoms with Crippen molar-refractivity contribution in [1.29, 1.82) is 0 Å². The fourth-order valence-corrected chi connectivity index (χ4v) is 8.94. The van der Waals surface area contributed by atoms with Gasteiger partial charge in [-0.25, -0.2) is 0 Å². The lowest BCUT2D eigenvalue weighted by Gasteiger charge is -2.32. The second-order valence-corrected chi connectivity index (χ2v) is 10.2. The molecule has 9 heteroatoms. The first kappa shape index (κ1) is 17.4. The fraction of sp³-hybridized carbons (Fsp3) is 0.750. The van der Waals surface area contributed by atoms with Gasteiger partial charge >= 0.3 is 11.9 Å². The highest BCUT2D eigenvalue weighted by Crippen LogP contribution is 2.59. The average molecular weight is 388 g/mol. The zero-order valence-electron chi connectivity index (χ0n) is 13.8. The first-order chi connectivity index (χ1) is 11.8. The lowest BCUT2D eigenvalue weighted by molar-refractivity contribution is -0.165.